The fraction of sp³-hybridized carbons (Fsp3) is 0.143. The van der Waals surface area contributed by atoms with Gasteiger partial charge in [-0.05, 0) is 38.1 Å². The number of anilines is 1. The zero-order chi connectivity index (χ0) is 19.8. The fourth-order valence-electron chi connectivity index (χ4n) is 3.13. The van der Waals surface area contributed by atoms with E-state index in [-0.39, 0.29) is 11.5 Å². The number of aromatic nitrogens is 3. The molecule has 0 atom stereocenters. The summed E-state index contributed by atoms with van der Waals surface area (Å²) >= 11 is 1.37. The Balaban J connectivity index is 1.86. The Morgan fingerprint density at radius 2 is 1.89 bits per heavy atom. The average Bonchev–Trinajstić information content (AvgIpc) is 3.12. The van der Waals surface area contributed by atoms with Crippen molar-refractivity contribution >= 4 is 33.8 Å². The molecule has 140 valence electrons. The Bertz CT molecular complexity index is 1270. The van der Waals surface area contributed by atoms with Crippen LogP contribution in [0.25, 0.3) is 27.3 Å². The maximum absolute atomic E-state index is 13.0. The third-order valence-corrected chi connectivity index (χ3v) is 5.21. The highest BCUT2D eigenvalue weighted by Crippen LogP contribution is 2.31. The number of hydrogen-bond acceptors (Lipinski definition) is 5. The second-order valence-electron chi connectivity index (χ2n) is 6.56. The minimum absolute atomic E-state index is 0.143. The average molecular weight is 390 g/mol. The second kappa shape index (κ2) is 7.01. The molecule has 0 aliphatic heterocycles. The van der Waals surface area contributed by atoms with Crippen LogP contribution in [-0.2, 0) is 4.79 Å². The van der Waals surface area contributed by atoms with E-state index in [0.717, 1.165) is 11.1 Å². The Labute approximate surface area is 165 Å². The van der Waals surface area contributed by atoms with Crippen LogP contribution in [0.4, 0.5) is 5.69 Å². The first-order valence-electron chi connectivity index (χ1n) is 8.77. The normalized spacial score (nSPS) is 11.0. The Morgan fingerprint density at radius 3 is 2.68 bits per heavy atom. The molecule has 0 aliphatic rings. The van der Waals surface area contributed by atoms with Crippen LogP contribution in [0, 0.1) is 13.8 Å². The summed E-state index contributed by atoms with van der Waals surface area (Å²) in [5.74, 6) is 0.433. The molecule has 0 aliphatic carbocycles. The summed E-state index contributed by atoms with van der Waals surface area (Å²) in [5.41, 5.74) is 3.79. The number of carbonyl (C=O) groups excluding carboxylic acids is 1. The van der Waals surface area contributed by atoms with Crippen LogP contribution in [-0.4, -0.2) is 20.4 Å². The number of hydrogen-bond donors (Lipinski definition) is 1. The van der Waals surface area contributed by atoms with Crippen LogP contribution >= 0.6 is 11.3 Å². The minimum atomic E-state index is -0.147. The molecule has 7 heteroatoms. The number of thiazole rings is 1. The topological polar surface area (TPSA) is 76.9 Å². The van der Waals surface area contributed by atoms with E-state index >= 15 is 0 Å². The van der Waals surface area contributed by atoms with Crippen LogP contribution < -0.4 is 10.9 Å². The Morgan fingerprint density at radius 1 is 1.11 bits per heavy atom. The molecule has 2 aromatic heterocycles. The predicted octanol–water partition coefficient (Wildman–Crippen LogP) is 4.08. The van der Waals surface area contributed by atoms with Gasteiger partial charge in [0.1, 0.15) is 5.82 Å². The van der Waals surface area contributed by atoms with E-state index < -0.39 is 0 Å². The van der Waals surface area contributed by atoms with Crippen molar-refractivity contribution in [2.24, 2.45) is 0 Å². The number of rotatable bonds is 3. The molecular formula is C21H18N4O2S. The van der Waals surface area contributed by atoms with Gasteiger partial charge in [0.2, 0.25) is 5.91 Å². The van der Waals surface area contributed by atoms with Crippen molar-refractivity contribution in [3.63, 3.8) is 0 Å². The number of carbonyl (C=O) groups is 1. The molecular weight excluding hydrogens is 372 g/mol. The number of benzene rings is 2. The van der Waals surface area contributed by atoms with E-state index in [1.54, 1.807) is 13.0 Å². The molecule has 0 fully saturated rings. The summed E-state index contributed by atoms with van der Waals surface area (Å²) in [6.45, 7) is 5.25. The van der Waals surface area contributed by atoms with Gasteiger partial charge >= 0.3 is 0 Å². The van der Waals surface area contributed by atoms with Crippen LogP contribution in [0.15, 0.2) is 52.6 Å². The molecule has 0 bridgehead atoms. The molecule has 2 heterocycles. The molecule has 0 spiro atoms. The second-order valence-corrected chi connectivity index (χ2v) is 7.40. The van der Waals surface area contributed by atoms with Gasteiger partial charge in [-0.25, -0.2) is 14.5 Å². The van der Waals surface area contributed by atoms with E-state index in [9.17, 15) is 9.59 Å². The molecule has 1 N–H and O–H groups in total. The number of amides is 1. The first kappa shape index (κ1) is 18.1. The van der Waals surface area contributed by atoms with Crippen molar-refractivity contribution in [3.8, 4) is 16.4 Å². The maximum atomic E-state index is 13.0. The van der Waals surface area contributed by atoms with Crippen molar-refractivity contribution in [2.75, 3.05) is 5.32 Å². The summed E-state index contributed by atoms with van der Waals surface area (Å²) in [6, 6.07) is 13.0. The molecule has 0 saturated heterocycles. The smallest absolute Gasteiger partial charge is 0.267 e. The van der Waals surface area contributed by atoms with Crippen LogP contribution in [0.1, 0.15) is 18.3 Å². The highest BCUT2D eigenvalue weighted by atomic mass is 32.1. The lowest BCUT2D eigenvalue weighted by molar-refractivity contribution is -0.114. The molecule has 0 radical (unpaired) electrons. The van der Waals surface area contributed by atoms with E-state index in [4.69, 9.17) is 0 Å². The number of fused-ring (bicyclic) bond motifs is 1. The first-order chi connectivity index (χ1) is 13.4. The number of nitrogens with one attached hydrogen (secondary N) is 1. The van der Waals surface area contributed by atoms with Crippen molar-refractivity contribution in [2.45, 2.75) is 20.8 Å². The summed E-state index contributed by atoms with van der Waals surface area (Å²) in [7, 11) is 0. The van der Waals surface area contributed by atoms with Gasteiger partial charge in [-0.2, -0.15) is 0 Å². The third-order valence-electron chi connectivity index (χ3n) is 4.39. The molecule has 0 unspecified atom stereocenters. The van der Waals surface area contributed by atoms with E-state index in [1.165, 1.54) is 22.8 Å². The fourth-order valence-corrected chi connectivity index (χ4v) is 4.00. The molecule has 4 aromatic rings. The van der Waals surface area contributed by atoms with Gasteiger partial charge in [0, 0.05) is 17.9 Å². The van der Waals surface area contributed by atoms with Gasteiger partial charge in [-0.1, -0.05) is 23.8 Å². The van der Waals surface area contributed by atoms with Gasteiger partial charge in [0.05, 0.1) is 22.3 Å². The van der Waals surface area contributed by atoms with Crippen LogP contribution in [0.2, 0.25) is 0 Å². The lowest BCUT2D eigenvalue weighted by atomic mass is 10.1. The van der Waals surface area contributed by atoms with Crippen molar-refractivity contribution in [1.29, 1.82) is 0 Å². The summed E-state index contributed by atoms with van der Waals surface area (Å²) in [6.07, 6.45) is 0. The predicted molar refractivity (Wildman–Crippen MR) is 112 cm³/mol. The Hall–Kier alpha value is -3.32. The van der Waals surface area contributed by atoms with Gasteiger partial charge in [-0.15, -0.1) is 11.3 Å². The zero-order valence-corrected chi connectivity index (χ0v) is 16.5. The molecule has 28 heavy (non-hydrogen) atoms. The summed E-state index contributed by atoms with van der Waals surface area (Å²) in [5, 5.41) is 5.83. The number of aryl methyl sites for hydroxylation is 2. The molecule has 4 rings (SSSR count). The van der Waals surface area contributed by atoms with Crippen molar-refractivity contribution in [3.05, 3.63) is 69.6 Å². The zero-order valence-electron chi connectivity index (χ0n) is 15.7. The quantitative estimate of drug-likeness (QED) is 0.572. The Kier molecular flexibility index (Phi) is 4.52. The largest absolute Gasteiger partial charge is 0.326 e. The molecule has 2 aromatic carbocycles. The molecule has 0 saturated carbocycles. The van der Waals surface area contributed by atoms with Crippen LogP contribution in [0.5, 0.6) is 0 Å². The molecule has 6 nitrogen and oxygen atoms in total. The lowest BCUT2D eigenvalue weighted by Crippen LogP contribution is -2.22. The molecule has 1 amide bonds. The van der Waals surface area contributed by atoms with E-state index in [2.05, 4.69) is 15.3 Å². The number of para-hydroxylation sites is 1. The summed E-state index contributed by atoms with van der Waals surface area (Å²) < 4.78 is 1.53. The van der Waals surface area contributed by atoms with Crippen molar-refractivity contribution in [1.82, 2.24) is 14.5 Å². The standard InChI is InChI=1S/C21H18N4O2S/c1-12-8-9-18(23-14(3)26)16(10-12)19-11-28-21(24-19)25-13(2)22-17-7-5-4-6-15(17)20(25)27/h4-11H,1-3H3,(H,23,26). The van der Waals surface area contributed by atoms with Crippen LogP contribution in [0.3, 0.4) is 0 Å². The van der Waals surface area contributed by atoms with Gasteiger partial charge in [0.25, 0.3) is 5.56 Å². The lowest BCUT2D eigenvalue weighted by Gasteiger charge is -2.09. The van der Waals surface area contributed by atoms with Crippen molar-refractivity contribution < 1.29 is 4.79 Å². The SMILES string of the molecule is CC(=O)Nc1ccc(C)cc1-c1csc(-n2c(C)nc3ccccc3c2=O)n1. The highest BCUT2D eigenvalue weighted by Gasteiger charge is 2.15. The third kappa shape index (κ3) is 3.20. The first-order valence-corrected chi connectivity index (χ1v) is 9.65. The van der Waals surface area contributed by atoms with Gasteiger partial charge in [-0.3, -0.25) is 9.59 Å². The minimum Gasteiger partial charge on any atom is -0.326 e. The van der Waals surface area contributed by atoms with Gasteiger partial charge < -0.3 is 5.32 Å². The number of nitrogens with zero attached hydrogens (tertiary/aromatic N) is 3. The van der Waals surface area contributed by atoms with E-state index in [0.29, 0.717) is 33.2 Å². The summed E-state index contributed by atoms with van der Waals surface area (Å²) in [4.78, 5) is 33.8. The van der Waals surface area contributed by atoms with Gasteiger partial charge in [0.15, 0.2) is 5.13 Å². The van der Waals surface area contributed by atoms with E-state index in [1.807, 2.05) is 48.7 Å². The maximum Gasteiger partial charge on any atom is 0.267 e. The highest BCUT2D eigenvalue weighted by molar-refractivity contribution is 7.12. The monoisotopic (exact) mass is 390 g/mol.